The third-order valence-corrected chi connectivity index (χ3v) is 5.64. The molecule has 2 heterocycles. The largest absolute Gasteiger partial charge is 0.352 e. The van der Waals surface area contributed by atoms with Crippen LogP contribution in [0, 0.1) is 11.8 Å². The van der Waals surface area contributed by atoms with Crippen LogP contribution in [0.25, 0.3) is 11.4 Å². The maximum atomic E-state index is 12.4. The first kappa shape index (κ1) is 20.6. The Kier molecular flexibility index (Phi) is 5.62. The lowest BCUT2D eigenvalue weighted by Gasteiger charge is -2.08. The molecule has 4 aromatic rings. The molecule has 33 heavy (non-hydrogen) atoms. The topological polar surface area (TPSA) is 120 Å². The van der Waals surface area contributed by atoms with Crippen molar-refractivity contribution in [1.29, 1.82) is 0 Å². The van der Waals surface area contributed by atoms with E-state index in [1.54, 1.807) is 22.0 Å². The number of nitrogens with one attached hydrogen (secondary N) is 2. The Morgan fingerprint density at radius 2 is 1.15 bits per heavy atom. The zero-order valence-electron chi connectivity index (χ0n) is 17.7. The van der Waals surface area contributed by atoms with Crippen molar-refractivity contribution < 1.29 is 9.59 Å². The van der Waals surface area contributed by atoms with Gasteiger partial charge in [0.2, 0.25) is 11.8 Å². The summed E-state index contributed by atoms with van der Waals surface area (Å²) in [6.07, 6.45) is 6.79. The molecule has 2 aromatic heterocycles. The average Bonchev–Trinajstić information content (AvgIpc) is 3.22. The van der Waals surface area contributed by atoms with Gasteiger partial charge in [0, 0.05) is 13.1 Å². The fourth-order valence-electron chi connectivity index (χ4n) is 3.63. The Labute approximate surface area is 189 Å². The number of rotatable bonds is 8. The van der Waals surface area contributed by atoms with Crippen molar-refractivity contribution in [3.63, 3.8) is 0 Å². The summed E-state index contributed by atoms with van der Waals surface area (Å²) in [4.78, 5) is 32.7. The van der Waals surface area contributed by atoms with Crippen molar-refractivity contribution in [2.24, 2.45) is 11.8 Å². The second-order valence-electron chi connectivity index (χ2n) is 7.90. The third kappa shape index (κ3) is 4.79. The molecule has 0 spiro atoms. The molecule has 1 saturated carbocycles. The second-order valence-corrected chi connectivity index (χ2v) is 7.90. The molecule has 5 rings (SSSR count). The number of carbonyl (C=O) groups is 2. The number of hydrogen-bond donors (Lipinski definition) is 2. The molecule has 2 atom stereocenters. The summed E-state index contributed by atoms with van der Waals surface area (Å²) >= 11 is 0. The monoisotopic (exact) mass is 442 g/mol. The van der Waals surface area contributed by atoms with Crippen molar-refractivity contribution >= 4 is 11.8 Å². The van der Waals surface area contributed by atoms with Gasteiger partial charge in [-0.15, -0.1) is 0 Å². The van der Waals surface area contributed by atoms with Gasteiger partial charge >= 0.3 is 0 Å². The lowest BCUT2D eigenvalue weighted by molar-refractivity contribution is -0.127. The van der Waals surface area contributed by atoms with Crippen LogP contribution in [0.4, 0.5) is 0 Å². The van der Waals surface area contributed by atoms with E-state index in [2.05, 4.69) is 30.8 Å². The van der Waals surface area contributed by atoms with Crippen LogP contribution in [0.15, 0.2) is 73.8 Å². The van der Waals surface area contributed by atoms with Gasteiger partial charge in [-0.3, -0.25) is 9.59 Å². The number of amides is 2. The molecule has 0 aliphatic heterocycles. The first-order chi connectivity index (χ1) is 16.2. The minimum atomic E-state index is -0.269. The standard InChI is InChI=1S/C23H22N8O2/c32-22(26-10-16-1-5-18(6-2-16)30-14-24-12-28-30)20-9-21(20)23(33)27-11-17-3-7-19(8-4-17)31-15-25-13-29-31/h1-8,12-15,20-21H,9-11H2,(H,26,32)(H,27,33). The van der Waals surface area contributed by atoms with Crippen molar-refractivity contribution in [2.45, 2.75) is 19.5 Å². The van der Waals surface area contributed by atoms with Crippen molar-refractivity contribution in [2.75, 3.05) is 0 Å². The summed E-state index contributed by atoms with van der Waals surface area (Å²) < 4.78 is 3.34. The Balaban J connectivity index is 1.06. The zero-order chi connectivity index (χ0) is 22.6. The Morgan fingerprint density at radius 3 is 1.52 bits per heavy atom. The number of benzene rings is 2. The maximum Gasteiger partial charge on any atom is 0.224 e. The van der Waals surface area contributed by atoms with Crippen LogP contribution < -0.4 is 10.6 Å². The highest BCUT2D eigenvalue weighted by Crippen LogP contribution is 2.38. The number of aromatic nitrogens is 6. The van der Waals surface area contributed by atoms with E-state index in [-0.39, 0.29) is 23.7 Å². The molecule has 1 fully saturated rings. The van der Waals surface area contributed by atoms with E-state index < -0.39 is 0 Å². The van der Waals surface area contributed by atoms with Gasteiger partial charge in [0.05, 0.1) is 23.2 Å². The molecular weight excluding hydrogens is 420 g/mol. The summed E-state index contributed by atoms with van der Waals surface area (Å²) in [5, 5.41) is 14.0. The predicted octanol–water partition coefficient (Wildman–Crippen LogP) is 1.42. The van der Waals surface area contributed by atoms with Gasteiger partial charge in [0.25, 0.3) is 0 Å². The van der Waals surface area contributed by atoms with Crippen molar-refractivity contribution in [3.05, 3.63) is 85.0 Å². The summed E-state index contributed by atoms with van der Waals surface area (Å²) in [6, 6.07) is 15.4. The summed E-state index contributed by atoms with van der Waals surface area (Å²) in [5.74, 6) is -0.719. The van der Waals surface area contributed by atoms with Crippen LogP contribution >= 0.6 is 0 Å². The predicted molar refractivity (Wildman–Crippen MR) is 118 cm³/mol. The highest BCUT2D eigenvalue weighted by molar-refractivity contribution is 5.92. The van der Waals surface area contributed by atoms with E-state index in [0.29, 0.717) is 19.5 Å². The fourth-order valence-corrected chi connectivity index (χ4v) is 3.63. The minimum Gasteiger partial charge on any atom is -0.352 e. The minimum absolute atomic E-state index is 0.0901. The van der Waals surface area contributed by atoms with E-state index >= 15 is 0 Å². The van der Waals surface area contributed by atoms with Gasteiger partial charge in [-0.1, -0.05) is 24.3 Å². The Hall–Kier alpha value is -4.34. The number of carbonyl (C=O) groups excluding carboxylic acids is 2. The Bertz CT molecular complexity index is 1120. The molecule has 2 amide bonds. The molecule has 10 heteroatoms. The van der Waals surface area contributed by atoms with Crippen molar-refractivity contribution in [1.82, 2.24) is 40.2 Å². The van der Waals surface area contributed by atoms with Crippen LogP contribution in [-0.2, 0) is 22.7 Å². The Morgan fingerprint density at radius 1 is 0.727 bits per heavy atom. The van der Waals surface area contributed by atoms with Gasteiger partial charge in [0.15, 0.2) is 0 Å². The second kappa shape index (κ2) is 9.03. The molecule has 2 aromatic carbocycles. The molecular formula is C23H22N8O2. The van der Waals surface area contributed by atoms with Gasteiger partial charge in [-0.25, -0.2) is 19.3 Å². The molecule has 166 valence electrons. The SMILES string of the molecule is O=C(NCc1ccc(-n2cncn2)cc1)C1CC1C(=O)NCc1ccc(-n2cncn2)cc1. The quantitative estimate of drug-likeness (QED) is 0.426. The fraction of sp³-hybridized carbons (Fsp3) is 0.217. The van der Waals surface area contributed by atoms with Crippen LogP contribution in [0.5, 0.6) is 0 Å². The molecule has 2 N–H and O–H groups in total. The average molecular weight is 442 g/mol. The van der Waals surface area contributed by atoms with E-state index in [0.717, 1.165) is 22.5 Å². The van der Waals surface area contributed by atoms with Gasteiger partial charge in [0.1, 0.15) is 25.3 Å². The molecule has 2 unspecified atom stereocenters. The van der Waals surface area contributed by atoms with Gasteiger partial charge in [-0.05, 0) is 41.8 Å². The number of nitrogens with zero attached hydrogens (tertiary/aromatic N) is 6. The number of hydrogen-bond acceptors (Lipinski definition) is 6. The lowest BCUT2D eigenvalue weighted by atomic mass is 10.2. The summed E-state index contributed by atoms with van der Waals surface area (Å²) in [7, 11) is 0. The maximum absolute atomic E-state index is 12.4. The molecule has 1 aliphatic carbocycles. The van der Waals surface area contributed by atoms with Crippen LogP contribution in [0.3, 0.4) is 0 Å². The summed E-state index contributed by atoms with van der Waals surface area (Å²) in [6.45, 7) is 0.832. The van der Waals surface area contributed by atoms with E-state index in [4.69, 9.17) is 0 Å². The van der Waals surface area contributed by atoms with Crippen LogP contribution in [-0.4, -0.2) is 41.3 Å². The van der Waals surface area contributed by atoms with Gasteiger partial charge < -0.3 is 10.6 Å². The first-order valence-electron chi connectivity index (χ1n) is 10.6. The van der Waals surface area contributed by atoms with Crippen LogP contribution in [0.1, 0.15) is 17.5 Å². The van der Waals surface area contributed by atoms with E-state index in [1.165, 1.54) is 12.7 Å². The lowest BCUT2D eigenvalue weighted by Crippen LogP contribution is -2.29. The normalized spacial score (nSPS) is 16.8. The summed E-state index contributed by atoms with van der Waals surface area (Å²) in [5.41, 5.74) is 3.75. The van der Waals surface area contributed by atoms with Crippen molar-refractivity contribution in [3.8, 4) is 11.4 Å². The zero-order valence-corrected chi connectivity index (χ0v) is 17.7. The third-order valence-electron chi connectivity index (χ3n) is 5.64. The highest BCUT2D eigenvalue weighted by Gasteiger charge is 2.47. The molecule has 0 radical (unpaired) electrons. The molecule has 10 nitrogen and oxygen atoms in total. The first-order valence-corrected chi connectivity index (χ1v) is 10.6. The molecule has 0 bridgehead atoms. The molecule has 1 aliphatic rings. The highest BCUT2D eigenvalue weighted by atomic mass is 16.2. The van der Waals surface area contributed by atoms with E-state index in [9.17, 15) is 9.59 Å². The smallest absolute Gasteiger partial charge is 0.224 e. The van der Waals surface area contributed by atoms with Crippen LogP contribution in [0.2, 0.25) is 0 Å². The molecule has 0 saturated heterocycles. The van der Waals surface area contributed by atoms with E-state index in [1.807, 2.05) is 48.5 Å². The van der Waals surface area contributed by atoms with Gasteiger partial charge in [-0.2, -0.15) is 10.2 Å².